The molecule has 114 valence electrons. The number of carbonyl (C=O) groups excluding carboxylic acids is 1. The normalized spacial score (nSPS) is 20.0. The highest BCUT2D eigenvalue weighted by Crippen LogP contribution is 2.21. The number of nitrogens with zero attached hydrogens (tertiary/aromatic N) is 2. The summed E-state index contributed by atoms with van der Waals surface area (Å²) in [5.74, 6) is 0.309. The molecule has 1 aromatic carbocycles. The van der Waals surface area contributed by atoms with Crippen molar-refractivity contribution >= 4 is 11.6 Å². The van der Waals surface area contributed by atoms with Gasteiger partial charge in [-0.2, -0.15) is 5.10 Å². The van der Waals surface area contributed by atoms with E-state index in [9.17, 15) is 4.79 Å². The largest absolute Gasteiger partial charge is 0.323 e. The molecule has 1 aromatic heterocycles. The van der Waals surface area contributed by atoms with Crippen LogP contribution in [0.5, 0.6) is 0 Å². The van der Waals surface area contributed by atoms with E-state index in [0.29, 0.717) is 11.5 Å². The van der Waals surface area contributed by atoms with Crippen molar-refractivity contribution in [2.24, 2.45) is 11.0 Å². The van der Waals surface area contributed by atoms with E-state index in [1.54, 1.807) is 0 Å². The highest BCUT2D eigenvalue weighted by molar-refractivity contribution is 5.98. The van der Waals surface area contributed by atoms with Crippen molar-refractivity contribution in [2.75, 3.05) is 0 Å². The number of hydrazone groups is 1. The first-order valence-electron chi connectivity index (χ1n) is 7.85. The third-order valence-electron chi connectivity index (χ3n) is 4.22. The lowest BCUT2D eigenvalue weighted by molar-refractivity contribution is 0.0954. The summed E-state index contributed by atoms with van der Waals surface area (Å²) in [6, 6.07) is 11.5. The third-order valence-corrected chi connectivity index (χ3v) is 4.22. The van der Waals surface area contributed by atoms with Crippen LogP contribution in [0.4, 0.5) is 0 Å². The predicted octanol–water partition coefficient (Wildman–Crippen LogP) is 3.77. The van der Waals surface area contributed by atoms with Gasteiger partial charge in [-0.15, -0.1) is 0 Å². The summed E-state index contributed by atoms with van der Waals surface area (Å²) in [4.78, 5) is 12.5. The van der Waals surface area contributed by atoms with Crippen LogP contribution in [0.15, 0.2) is 53.9 Å². The van der Waals surface area contributed by atoms with Crippen molar-refractivity contribution in [3.8, 4) is 5.69 Å². The van der Waals surface area contributed by atoms with Crippen molar-refractivity contribution in [3.63, 3.8) is 0 Å². The SMILES string of the molecule is CC1CCCC/C1=N\NC(=O)c1ccccc1-n1cccc1. The Morgan fingerprint density at radius 3 is 2.73 bits per heavy atom. The molecule has 1 aliphatic rings. The summed E-state index contributed by atoms with van der Waals surface area (Å²) in [5.41, 5.74) is 5.34. The highest BCUT2D eigenvalue weighted by atomic mass is 16.2. The lowest BCUT2D eigenvalue weighted by atomic mass is 9.89. The molecule has 4 heteroatoms. The van der Waals surface area contributed by atoms with Crippen molar-refractivity contribution in [1.82, 2.24) is 9.99 Å². The van der Waals surface area contributed by atoms with Crippen LogP contribution in [0.1, 0.15) is 43.0 Å². The number of nitrogens with one attached hydrogen (secondary N) is 1. The zero-order valence-electron chi connectivity index (χ0n) is 12.8. The molecule has 2 aromatic rings. The molecule has 22 heavy (non-hydrogen) atoms. The van der Waals surface area contributed by atoms with E-state index in [1.807, 2.05) is 53.4 Å². The molecule has 1 amide bonds. The molecule has 0 aliphatic heterocycles. The molecular formula is C18H21N3O. The maximum absolute atomic E-state index is 12.5. The summed E-state index contributed by atoms with van der Waals surface area (Å²) in [6.45, 7) is 2.18. The fourth-order valence-corrected chi connectivity index (χ4v) is 2.90. The Bertz CT molecular complexity index is 673. The molecule has 0 spiro atoms. The smallest absolute Gasteiger partial charge is 0.273 e. The quantitative estimate of drug-likeness (QED) is 0.861. The van der Waals surface area contributed by atoms with Gasteiger partial charge in [0.15, 0.2) is 0 Å². The van der Waals surface area contributed by atoms with E-state index in [4.69, 9.17) is 0 Å². The number of benzene rings is 1. The second-order valence-electron chi connectivity index (χ2n) is 5.80. The van der Waals surface area contributed by atoms with Gasteiger partial charge in [-0.3, -0.25) is 4.79 Å². The first kappa shape index (κ1) is 14.6. The Hall–Kier alpha value is -2.36. The van der Waals surface area contributed by atoms with Crippen molar-refractivity contribution in [1.29, 1.82) is 0 Å². The van der Waals surface area contributed by atoms with E-state index < -0.39 is 0 Å². The van der Waals surface area contributed by atoms with Crippen LogP contribution >= 0.6 is 0 Å². The minimum Gasteiger partial charge on any atom is -0.323 e. The predicted molar refractivity (Wildman–Crippen MR) is 88.3 cm³/mol. The lowest BCUT2D eigenvalue weighted by Crippen LogP contribution is -2.25. The Morgan fingerprint density at radius 2 is 1.95 bits per heavy atom. The van der Waals surface area contributed by atoms with Crippen LogP contribution in [0.3, 0.4) is 0 Å². The molecule has 4 nitrogen and oxygen atoms in total. The van der Waals surface area contributed by atoms with E-state index >= 15 is 0 Å². The number of carbonyl (C=O) groups is 1. The summed E-state index contributed by atoms with van der Waals surface area (Å²) in [7, 11) is 0. The standard InChI is InChI=1S/C18H21N3O/c1-14-8-2-4-10-16(14)19-20-18(22)15-9-3-5-11-17(15)21-12-6-7-13-21/h3,5-7,9,11-14H,2,4,8,10H2,1H3,(H,20,22)/b19-16+. The Labute approximate surface area is 130 Å². The van der Waals surface area contributed by atoms with E-state index in [2.05, 4.69) is 17.5 Å². The number of hydrogen-bond donors (Lipinski definition) is 1. The molecule has 1 aliphatic carbocycles. The molecule has 1 unspecified atom stereocenters. The maximum Gasteiger partial charge on any atom is 0.273 e. The van der Waals surface area contributed by atoms with Gasteiger partial charge >= 0.3 is 0 Å². The first-order chi connectivity index (χ1) is 10.8. The van der Waals surface area contributed by atoms with Crippen LogP contribution < -0.4 is 5.43 Å². The van der Waals surface area contributed by atoms with Crippen LogP contribution in [0, 0.1) is 5.92 Å². The Balaban J connectivity index is 1.80. The van der Waals surface area contributed by atoms with Gasteiger partial charge < -0.3 is 4.57 Å². The molecule has 1 N–H and O–H groups in total. The van der Waals surface area contributed by atoms with E-state index in [1.165, 1.54) is 12.8 Å². The van der Waals surface area contributed by atoms with Gasteiger partial charge in [-0.1, -0.05) is 25.5 Å². The minimum absolute atomic E-state index is 0.158. The van der Waals surface area contributed by atoms with Gasteiger partial charge in [-0.05, 0) is 49.4 Å². The lowest BCUT2D eigenvalue weighted by Gasteiger charge is -2.20. The van der Waals surface area contributed by atoms with Crippen molar-refractivity contribution < 1.29 is 4.79 Å². The zero-order chi connectivity index (χ0) is 15.4. The van der Waals surface area contributed by atoms with E-state index in [-0.39, 0.29) is 5.91 Å². The van der Waals surface area contributed by atoms with E-state index in [0.717, 1.165) is 24.2 Å². The topological polar surface area (TPSA) is 46.4 Å². The van der Waals surface area contributed by atoms with Gasteiger partial charge in [-0.25, -0.2) is 5.43 Å². The molecule has 0 bridgehead atoms. The van der Waals surface area contributed by atoms with Crippen LogP contribution in [0.2, 0.25) is 0 Å². The molecule has 0 saturated heterocycles. The van der Waals surface area contributed by atoms with Crippen LogP contribution in [0.25, 0.3) is 5.69 Å². The molecular weight excluding hydrogens is 274 g/mol. The van der Waals surface area contributed by atoms with Crippen LogP contribution in [-0.4, -0.2) is 16.2 Å². The molecule has 1 saturated carbocycles. The Kier molecular flexibility index (Phi) is 4.37. The van der Waals surface area contributed by atoms with Gasteiger partial charge in [0.25, 0.3) is 5.91 Å². The number of rotatable bonds is 3. The third kappa shape index (κ3) is 3.11. The zero-order valence-corrected chi connectivity index (χ0v) is 12.8. The first-order valence-corrected chi connectivity index (χ1v) is 7.85. The Morgan fingerprint density at radius 1 is 1.18 bits per heavy atom. The second-order valence-corrected chi connectivity index (χ2v) is 5.80. The van der Waals surface area contributed by atoms with Crippen LogP contribution in [-0.2, 0) is 0 Å². The summed E-state index contributed by atoms with van der Waals surface area (Å²) in [5, 5.41) is 4.37. The summed E-state index contributed by atoms with van der Waals surface area (Å²) in [6.07, 6.45) is 8.43. The highest BCUT2D eigenvalue weighted by Gasteiger charge is 2.17. The second kappa shape index (κ2) is 6.60. The molecule has 1 fully saturated rings. The van der Waals surface area contributed by atoms with Gasteiger partial charge in [0.1, 0.15) is 0 Å². The number of para-hydroxylation sites is 1. The van der Waals surface area contributed by atoms with Crippen molar-refractivity contribution in [3.05, 3.63) is 54.4 Å². The number of hydrogen-bond acceptors (Lipinski definition) is 2. The van der Waals surface area contributed by atoms with Gasteiger partial charge in [0, 0.05) is 18.1 Å². The fraction of sp³-hybridized carbons (Fsp3) is 0.333. The molecule has 3 rings (SSSR count). The van der Waals surface area contributed by atoms with Gasteiger partial charge in [0.2, 0.25) is 0 Å². The van der Waals surface area contributed by atoms with Crippen molar-refractivity contribution in [2.45, 2.75) is 32.6 Å². The molecule has 1 heterocycles. The summed E-state index contributed by atoms with van der Waals surface area (Å²) < 4.78 is 1.94. The molecule has 1 atom stereocenters. The summed E-state index contributed by atoms with van der Waals surface area (Å²) >= 11 is 0. The average Bonchev–Trinajstić information content (AvgIpc) is 3.08. The van der Waals surface area contributed by atoms with Gasteiger partial charge in [0.05, 0.1) is 11.3 Å². The monoisotopic (exact) mass is 295 g/mol. The minimum atomic E-state index is -0.158. The average molecular weight is 295 g/mol. The fourth-order valence-electron chi connectivity index (χ4n) is 2.90. The number of amides is 1. The maximum atomic E-state index is 12.5. The molecule has 0 radical (unpaired) electrons. The number of aromatic nitrogens is 1.